The fraction of sp³-hybridized carbons (Fsp3) is 0.158. The van der Waals surface area contributed by atoms with Crippen LogP contribution in [0.3, 0.4) is 0 Å². The number of amides is 1. The fourth-order valence-corrected chi connectivity index (χ4v) is 2.70. The van der Waals surface area contributed by atoms with Crippen LogP contribution < -0.4 is 15.7 Å². The molecule has 1 heterocycles. The quantitative estimate of drug-likeness (QED) is 0.634. The molecule has 6 heteroatoms. The summed E-state index contributed by atoms with van der Waals surface area (Å²) in [5, 5.41) is 3.35. The van der Waals surface area contributed by atoms with Gasteiger partial charge in [0.15, 0.2) is 0 Å². The summed E-state index contributed by atoms with van der Waals surface area (Å²) in [6.45, 7) is 2.60. The van der Waals surface area contributed by atoms with E-state index in [2.05, 4.69) is 21.2 Å². The summed E-state index contributed by atoms with van der Waals surface area (Å²) >= 11 is 3.35. The smallest absolute Gasteiger partial charge is 0.349 e. The molecule has 0 bridgehead atoms. The predicted molar refractivity (Wildman–Crippen MR) is 100 cm³/mol. The highest BCUT2D eigenvalue weighted by Gasteiger charge is 2.15. The molecule has 0 spiro atoms. The van der Waals surface area contributed by atoms with Crippen LogP contribution in [-0.2, 0) is 0 Å². The predicted octanol–water partition coefficient (Wildman–Crippen LogP) is 4.60. The van der Waals surface area contributed by atoms with Gasteiger partial charge in [0.25, 0.3) is 5.91 Å². The molecule has 5 nitrogen and oxygen atoms in total. The molecule has 0 atom stereocenters. The van der Waals surface area contributed by atoms with Crippen molar-refractivity contribution < 1.29 is 13.9 Å². The molecule has 3 aromatic rings. The van der Waals surface area contributed by atoms with Crippen molar-refractivity contribution in [1.29, 1.82) is 0 Å². The van der Waals surface area contributed by atoms with Crippen LogP contribution in [0.25, 0.3) is 11.0 Å². The first-order chi connectivity index (χ1) is 12.1. The maximum absolute atomic E-state index is 12.4. The number of nitrogens with one attached hydrogen (secondary N) is 1. The van der Waals surface area contributed by atoms with Crippen molar-refractivity contribution in [2.45, 2.75) is 13.3 Å². The van der Waals surface area contributed by atoms with E-state index in [1.54, 1.807) is 36.4 Å². The van der Waals surface area contributed by atoms with Crippen molar-refractivity contribution in [2.24, 2.45) is 0 Å². The molecular weight excluding hydrogens is 386 g/mol. The zero-order valence-corrected chi connectivity index (χ0v) is 15.1. The van der Waals surface area contributed by atoms with Gasteiger partial charge in [0.1, 0.15) is 16.9 Å². The van der Waals surface area contributed by atoms with Gasteiger partial charge < -0.3 is 14.5 Å². The minimum absolute atomic E-state index is 0.0505. The molecule has 0 saturated carbocycles. The Bertz CT molecular complexity index is 981. The molecule has 0 fully saturated rings. The monoisotopic (exact) mass is 401 g/mol. The molecule has 3 rings (SSSR count). The summed E-state index contributed by atoms with van der Waals surface area (Å²) in [6.07, 6.45) is 0.885. The van der Waals surface area contributed by atoms with Gasteiger partial charge in [0.05, 0.1) is 12.3 Å². The lowest BCUT2D eigenvalue weighted by atomic mass is 10.1. The number of hydrogen-bond acceptors (Lipinski definition) is 4. The van der Waals surface area contributed by atoms with Gasteiger partial charge in [-0.3, -0.25) is 4.79 Å². The van der Waals surface area contributed by atoms with Crippen molar-refractivity contribution in [1.82, 2.24) is 0 Å². The number of ether oxygens (including phenoxy) is 1. The second-order valence-corrected chi connectivity index (χ2v) is 6.28. The molecular formula is C19H16BrNO4. The molecule has 0 aliphatic rings. The molecule has 25 heavy (non-hydrogen) atoms. The average Bonchev–Trinajstić information content (AvgIpc) is 2.61. The van der Waals surface area contributed by atoms with Gasteiger partial charge in [0.2, 0.25) is 0 Å². The second kappa shape index (κ2) is 7.53. The van der Waals surface area contributed by atoms with Gasteiger partial charge in [-0.05, 0) is 52.7 Å². The van der Waals surface area contributed by atoms with Crippen LogP contribution in [-0.4, -0.2) is 12.5 Å². The van der Waals surface area contributed by atoms with Crippen LogP contribution in [0.15, 0.2) is 62.2 Å². The average molecular weight is 402 g/mol. The first-order valence-corrected chi connectivity index (χ1v) is 8.64. The van der Waals surface area contributed by atoms with E-state index in [0.29, 0.717) is 29.0 Å². The minimum Gasteiger partial charge on any atom is -0.493 e. The summed E-state index contributed by atoms with van der Waals surface area (Å²) in [5.41, 5.74) is 0.224. The van der Waals surface area contributed by atoms with Gasteiger partial charge in [-0.25, -0.2) is 4.79 Å². The number of carbonyl (C=O) groups excluding carboxylic acids is 1. The maximum atomic E-state index is 12.4. The molecule has 0 unspecified atom stereocenters. The molecule has 1 amide bonds. The lowest BCUT2D eigenvalue weighted by molar-refractivity contribution is 0.102. The van der Waals surface area contributed by atoms with E-state index < -0.39 is 11.5 Å². The number of hydrogen-bond donors (Lipinski definition) is 1. The van der Waals surface area contributed by atoms with Crippen molar-refractivity contribution in [3.8, 4) is 5.75 Å². The Morgan fingerprint density at radius 3 is 2.76 bits per heavy atom. The topological polar surface area (TPSA) is 68.5 Å². The Morgan fingerprint density at radius 1 is 1.20 bits per heavy atom. The standard InChI is InChI=1S/C19H16BrNO4/c1-2-9-24-13-8-7-12-10-14(19(23)25-17(12)11-13)18(22)21-16-6-4-3-5-15(16)20/h3-8,10-11H,2,9H2,1H3,(H,21,22). The van der Waals surface area contributed by atoms with Gasteiger partial charge >= 0.3 is 5.63 Å². The summed E-state index contributed by atoms with van der Waals surface area (Å²) in [6, 6.07) is 13.9. The number of rotatable bonds is 5. The van der Waals surface area contributed by atoms with Gasteiger partial charge in [-0.15, -0.1) is 0 Å². The summed E-state index contributed by atoms with van der Waals surface area (Å²) < 4.78 is 11.5. The first-order valence-electron chi connectivity index (χ1n) is 7.85. The van der Waals surface area contributed by atoms with E-state index in [0.717, 1.165) is 10.9 Å². The lowest BCUT2D eigenvalue weighted by Crippen LogP contribution is -2.20. The molecule has 128 valence electrons. The molecule has 1 N–H and O–H groups in total. The Labute approximate surface area is 152 Å². The zero-order valence-electron chi connectivity index (χ0n) is 13.5. The van der Waals surface area contributed by atoms with Crippen LogP contribution in [0.5, 0.6) is 5.75 Å². The van der Waals surface area contributed by atoms with Gasteiger partial charge in [0, 0.05) is 15.9 Å². The van der Waals surface area contributed by atoms with Gasteiger partial charge in [-0.2, -0.15) is 0 Å². The highest BCUT2D eigenvalue weighted by atomic mass is 79.9. The maximum Gasteiger partial charge on any atom is 0.349 e. The molecule has 2 aromatic carbocycles. The van der Waals surface area contributed by atoms with Crippen LogP contribution in [0.4, 0.5) is 5.69 Å². The van der Waals surface area contributed by atoms with Crippen LogP contribution >= 0.6 is 15.9 Å². The third-order valence-corrected chi connectivity index (χ3v) is 4.24. The number of para-hydroxylation sites is 1. The zero-order chi connectivity index (χ0) is 17.8. The number of anilines is 1. The van der Waals surface area contributed by atoms with Crippen molar-refractivity contribution in [3.05, 3.63) is 69.0 Å². The third kappa shape index (κ3) is 3.91. The normalized spacial score (nSPS) is 10.6. The number of benzene rings is 2. The Balaban J connectivity index is 1.91. The fourth-order valence-electron chi connectivity index (χ4n) is 2.31. The van der Waals surface area contributed by atoms with E-state index >= 15 is 0 Å². The van der Waals surface area contributed by atoms with E-state index in [1.165, 1.54) is 6.07 Å². The third-order valence-electron chi connectivity index (χ3n) is 3.55. The summed E-state index contributed by atoms with van der Waals surface area (Å²) in [5.74, 6) is 0.108. The second-order valence-electron chi connectivity index (χ2n) is 5.43. The summed E-state index contributed by atoms with van der Waals surface area (Å²) in [4.78, 5) is 24.6. The molecule has 1 aromatic heterocycles. The van der Waals surface area contributed by atoms with E-state index in [1.807, 2.05) is 13.0 Å². The molecule has 0 aliphatic carbocycles. The van der Waals surface area contributed by atoms with Crippen LogP contribution in [0.1, 0.15) is 23.7 Å². The van der Waals surface area contributed by atoms with Crippen LogP contribution in [0.2, 0.25) is 0 Å². The van der Waals surface area contributed by atoms with Crippen molar-refractivity contribution >= 4 is 38.5 Å². The SMILES string of the molecule is CCCOc1ccc2cc(C(=O)Nc3ccccc3Br)c(=O)oc2c1. The molecule has 0 aliphatic heterocycles. The Kier molecular flexibility index (Phi) is 5.19. The van der Waals surface area contributed by atoms with E-state index in [-0.39, 0.29) is 5.56 Å². The highest BCUT2D eigenvalue weighted by molar-refractivity contribution is 9.10. The molecule has 0 radical (unpaired) electrons. The van der Waals surface area contributed by atoms with Gasteiger partial charge in [-0.1, -0.05) is 19.1 Å². The summed E-state index contributed by atoms with van der Waals surface area (Å²) in [7, 11) is 0. The van der Waals surface area contributed by atoms with Crippen molar-refractivity contribution in [3.63, 3.8) is 0 Å². The number of carbonyl (C=O) groups is 1. The molecule has 0 saturated heterocycles. The van der Waals surface area contributed by atoms with Crippen LogP contribution in [0, 0.1) is 0 Å². The highest BCUT2D eigenvalue weighted by Crippen LogP contribution is 2.23. The largest absolute Gasteiger partial charge is 0.493 e. The lowest BCUT2D eigenvalue weighted by Gasteiger charge is -2.08. The van der Waals surface area contributed by atoms with Crippen molar-refractivity contribution in [2.75, 3.05) is 11.9 Å². The van der Waals surface area contributed by atoms with E-state index in [9.17, 15) is 9.59 Å². The Morgan fingerprint density at radius 2 is 2.00 bits per heavy atom. The number of halogens is 1. The minimum atomic E-state index is -0.690. The first kappa shape index (κ1) is 17.2. The van der Waals surface area contributed by atoms with E-state index in [4.69, 9.17) is 9.15 Å². The number of fused-ring (bicyclic) bond motifs is 1. The Hall–Kier alpha value is -2.60.